The lowest BCUT2D eigenvalue weighted by molar-refractivity contribution is 0.139. The standard InChI is InChI=1S/C19H33N3O2/c1-14-11-15(2)13-22(12-14)10-6-5-9-20-19(23)21-17(4)18-8-7-16(3)24-18/h7-8,14-15,17H,5-6,9-13H2,1-4H3,(H2,20,21,23). The first kappa shape index (κ1) is 18.8. The number of furan rings is 1. The van der Waals surface area contributed by atoms with E-state index in [0.29, 0.717) is 6.54 Å². The second-order valence-corrected chi connectivity index (χ2v) is 7.48. The molecule has 24 heavy (non-hydrogen) atoms. The van der Waals surface area contributed by atoms with Crippen molar-refractivity contribution in [1.29, 1.82) is 0 Å². The zero-order valence-electron chi connectivity index (χ0n) is 15.6. The average molecular weight is 335 g/mol. The second-order valence-electron chi connectivity index (χ2n) is 7.48. The summed E-state index contributed by atoms with van der Waals surface area (Å²) in [5, 5.41) is 5.84. The number of nitrogens with one attached hydrogen (secondary N) is 2. The molecule has 0 radical (unpaired) electrons. The first-order valence-corrected chi connectivity index (χ1v) is 9.27. The third kappa shape index (κ3) is 6.19. The zero-order chi connectivity index (χ0) is 17.5. The molecule has 1 aromatic heterocycles. The molecule has 5 heteroatoms. The Kier molecular flexibility index (Phi) is 7.16. The van der Waals surface area contributed by atoms with Gasteiger partial charge in [0.1, 0.15) is 11.5 Å². The van der Waals surface area contributed by atoms with Crippen LogP contribution in [-0.4, -0.2) is 37.1 Å². The molecule has 2 rings (SSSR count). The van der Waals surface area contributed by atoms with Crippen LogP contribution < -0.4 is 10.6 Å². The maximum absolute atomic E-state index is 11.9. The highest BCUT2D eigenvalue weighted by molar-refractivity contribution is 5.74. The Morgan fingerprint density at radius 2 is 2.00 bits per heavy atom. The fourth-order valence-electron chi connectivity index (χ4n) is 3.64. The first-order valence-electron chi connectivity index (χ1n) is 9.27. The number of carbonyl (C=O) groups excluding carboxylic acids is 1. The Hall–Kier alpha value is -1.49. The van der Waals surface area contributed by atoms with E-state index in [9.17, 15) is 4.79 Å². The summed E-state index contributed by atoms with van der Waals surface area (Å²) < 4.78 is 5.53. The van der Waals surface area contributed by atoms with Crippen molar-refractivity contribution < 1.29 is 9.21 Å². The van der Waals surface area contributed by atoms with Gasteiger partial charge >= 0.3 is 6.03 Å². The van der Waals surface area contributed by atoms with Crippen LogP contribution in [-0.2, 0) is 0 Å². The van der Waals surface area contributed by atoms with Crippen LogP contribution in [0, 0.1) is 18.8 Å². The monoisotopic (exact) mass is 335 g/mol. The number of hydrogen-bond acceptors (Lipinski definition) is 3. The Bertz CT molecular complexity index is 504. The summed E-state index contributed by atoms with van der Waals surface area (Å²) in [6, 6.07) is 3.57. The largest absolute Gasteiger partial charge is 0.464 e. The summed E-state index contributed by atoms with van der Waals surface area (Å²) in [6.45, 7) is 12.8. The van der Waals surface area contributed by atoms with Gasteiger partial charge in [-0.05, 0) is 63.6 Å². The van der Waals surface area contributed by atoms with E-state index in [1.54, 1.807) is 0 Å². The van der Waals surface area contributed by atoms with Crippen LogP contribution >= 0.6 is 0 Å². The molecular formula is C19H33N3O2. The van der Waals surface area contributed by atoms with Crippen molar-refractivity contribution in [3.63, 3.8) is 0 Å². The van der Waals surface area contributed by atoms with E-state index in [0.717, 1.165) is 42.7 Å². The third-order valence-corrected chi connectivity index (χ3v) is 4.67. The number of aryl methyl sites for hydroxylation is 1. The minimum Gasteiger partial charge on any atom is -0.464 e. The van der Waals surface area contributed by atoms with Crippen LogP contribution in [0.15, 0.2) is 16.5 Å². The van der Waals surface area contributed by atoms with E-state index in [1.807, 2.05) is 26.0 Å². The minimum absolute atomic E-state index is 0.116. The molecule has 3 unspecified atom stereocenters. The number of rotatable bonds is 7. The molecule has 0 aliphatic carbocycles. The van der Waals surface area contributed by atoms with Gasteiger partial charge in [-0.1, -0.05) is 13.8 Å². The summed E-state index contributed by atoms with van der Waals surface area (Å²) in [6.07, 6.45) is 3.50. The Balaban J connectivity index is 1.56. The number of carbonyl (C=O) groups is 1. The number of nitrogens with zero attached hydrogens (tertiary/aromatic N) is 1. The molecule has 1 saturated heterocycles. The molecular weight excluding hydrogens is 302 g/mol. The highest BCUT2D eigenvalue weighted by Crippen LogP contribution is 2.21. The summed E-state index contributed by atoms with van der Waals surface area (Å²) in [4.78, 5) is 14.5. The van der Waals surface area contributed by atoms with Gasteiger partial charge in [0.05, 0.1) is 6.04 Å². The summed E-state index contributed by atoms with van der Waals surface area (Å²) >= 11 is 0. The fraction of sp³-hybridized carbons (Fsp3) is 0.737. The smallest absolute Gasteiger partial charge is 0.315 e. The molecule has 2 amide bonds. The zero-order valence-corrected chi connectivity index (χ0v) is 15.6. The fourth-order valence-corrected chi connectivity index (χ4v) is 3.64. The molecule has 2 N–H and O–H groups in total. The predicted octanol–water partition coefficient (Wildman–Crippen LogP) is 3.71. The predicted molar refractivity (Wildman–Crippen MR) is 97.0 cm³/mol. The molecule has 1 aliphatic rings. The van der Waals surface area contributed by atoms with E-state index in [-0.39, 0.29) is 12.1 Å². The summed E-state index contributed by atoms with van der Waals surface area (Å²) in [5.41, 5.74) is 0. The van der Waals surface area contributed by atoms with Crippen LogP contribution in [0.5, 0.6) is 0 Å². The molecule has 1 aliphatic heterocycles. The molecule has 0 saturated carbocycles. The van der Waals surface area contributed by atoms with E-state index in [2.05, 4.69) is 29.4 Å². The van der Waals surface area contributed by atoms with Crippen molar-refractivity contribution in [2.75, 3.05) is 26.2 Å². The van der Waals surface area contributed by atoms with Gasteiger partial charge in [-0.25, -0.2) is 4.79 Å². The Morgan fingerprint density at radius 1 is 1.29 bits per heavy atom. The maximum atomic E-state index is 11.9. The van der Waals surface area contributed by atoms with Gasteiger partial charge in [-0.3, -0.25) is 0 Å². The highest BCUT2D eigenvalue weighted by atomic mass is 16.3. The molecule has 1 fully saturated rings. The quantitative estimate of drug-likeness (QED) is 0.747. The number of unbranched alkanes of at least 4 members (excludes halogenated alkanes) is 1. The lowest BCUT2D eigenvalue weighted by Gasteiger charge is -2.34. The SMILES string of the molecule is Cc1ccc(C(C)NC(=O)NCCCCN2CC(C)CC(C)C2)o1. The van der Waals surface area contributed by atoms with Gasteiger partial charge in [0.2, 0.25) is 0 Å². The van der Waals surface area contributed by atoms with Crippen LogP contribution in [0.25, 0.3) is 0 Å². The molecule has 2 heterocycles. The number of urea groups is 1. The van der Waals surface area contributed by atoms with E-state index in [4.69, 9.17) is 4.42 Å². The average Bonchev–Trinajstić information content (AvgIpc) is 2.92. The number of hydrogen-bond donors (Lipinski definition) is 2. The van der Waals surface area contributed by atoms with Gasteiger partial charge in [0, 0.05) is 19.6 Å². The molecule has 0 aromatic carbocycles. The van der Waals surface area contributed by atoms with E-state index in [1.165, 1.54) is 19.5 Å². The number of amides is 2. The Labute approximate surface area is 146 Å². The van der Waals surface area contributed by atoms with Gasteiger partial charge < -0.3 is 20.0 Å². The van der Waals surface area contributed by atoms with Gasteiger partial charge in [-0.15, -0.1) is 0 Å². The van der Waals surface area contributed by atoms with E-state index < -0.39 is 0 Å². The first-order chi connectivity index (χ1) is 11.4. The van der Waals surface area contributed by atoms with Crippen molar-refractivity contribution >= 4 is 6.03 Å². The van der Waals surface area contributed by atoms with Crippen LogP contribution in [0.3, 0.4) is 0 Å². The second kappa shape index (κ2) is 9.11. The molecule has 3 atom stereocenters. The highest BCUT2D eigenvalue weighted by Gasteiger charge is 2.21. The summed E-state index contributed by atoms with van der Waals surface area (Å²) in [7, 11) is 0. The van der Waals surface area contributed by atoms with Crippen molar-refractivity contribution in [3.8, 4) is 0 Å². The van der Waals surface area contributed by atoms with Gasteiger partial charge in [-0.2, -0.15) is 0 Å². The lowest BCUT2D eigenvalue weighted by atomic mass is 9.92. The van der Waals surface area contributed by atoms with Crippen molar-refractivity contribution in [2.24, 2.45) is 11.8 Å². The third-order valence-electron chi connectivity index (χ3n) is 4.67. The van der Waals surface area contributed by atoms with Gasteiger partial charge in [0.25, 0.3) is 0 Å². The molecule has 5 nitrogen and oxygen atoms in total. The number of likely N-dealkylation sites (tertiary alicyclic amines) is 1. The minimum atomic E-state index is -0.128. The van der Waals surface area contributed by atoms with Crippen LogP contribution in [0.4, 0.5) is 4.79 Å². The normalized spacial score (nSPS) is 23.0. The van der Waals surface area contributed by atoms with Crippen molar-refractivity contribution in [2.45, 2.75) is 53.0 Å². The summed E-state index contributed by atoms with van der Waals surface area (Å²) in [5.74, 6) is 3.27. The van der Waals surface area contributed by atoms with Gasteiger partial charge in [0.15, 0.2) is 0 Å². The topological polar surface area (TPSA) is 57.5 Å². The molecule has 136 valence electrons. The van der Waals surface area contributed by atoms with Crippen LogP contribution in [0.1, 0.15) is 57.6 Å². The van der Waals surface area contributed by atoms with E-state index >= 15 is 0 Å². The number of piperidine rings is 1. The maximum Gasteiger partial charge on any atom is 0.315 e. The Morgan fingerprint density at radius 3 is 2.62 bits per heavy atom. The lowest BCUT2D eigenvalue weighted by Crippen LogP contribution is -2.40. The molecule has 0 bridgehead atoms. The van der Waals surface area contributed by atoms with Crippen molar-refractivity contribution in [1.82, 2.24) is 15.5 Å². The molecule has 0 spiro atoms. The van der Waals surface area contributed by atoms with Crippen molar-refractivity contribution in [3.05, 3.63) is 23.7 Å². The molecule has 1 aromatic rings. The van der Waals surface area contributed by atoms with Crippen LogP contribution in [0.2, 0.25) is 0 Å².